The van der Waals surface area contributed by atoms with Crippen molar-refractivity contribution < 1.29 is 0 Å². The second-order valence-electron chi connectivity index (χ2n) is 5.52. The molecule has 0 aromatic carbocycles. The van der Waals surface area contributed by atoms with E-state index in [0.29, 0.717) is 5.02 Å². The fourth-order valence-electron chi connectivity index (χ4n) is 2.76. The van der Waals surface area contributed by atoms with Gasteiger partial charge in [0.25, 0.3) is 0 Å². The molecule has 0 fully saturated rings. The molecule has 0 aliphatic heterocycles. The van der Waals surface area contributed by atoms with Crippen LogP contribution in [-0.2, 0) is 12.8 Å². The van der Waals surface area contributed by atoms with Gasteiger partial charge in [0.1, 0.15) is 11.6 Å². The number of hydrogen-bond acceptors (Lipinski definition) is 4. The van der Waals surface area contributed by atoms with Gasteiger partial charge in [0.2, 0.25) is 0 Å². The van der Waals surface area contributed by atoms with E-state index in [-0.39, 0.29) is 6.04 Å². The zero-order valence-electron chi connectivity index (χ0n) is 12.4. The highest BCUT2D eigenvalue weighted by Crippen LogP contribution is 2.27. The summed E-state index contributed by atoms with van der Waals surface area (Å²) in [5.74, 6) is 1.79. The van der Waals surface area contributed by atoms with Crippen LogP contribution in [-0.4, -0.2) is 15.0 Å². The molecule has 1 N–H and O–H groups in total. The van der Waals surface area contributed by atoms with Gasteiger partial charge >= 0.3 is 0 Å². The largest absolute Gasteiger partial charge is 0.362 e. The summed E-state index contributed by atoms with van der Waals surface area (Å²) in [4.78, 5) is 13.5. The summed E-state index contributed by atoms with van der Waals surface area (Å²) in [6.07, 6.45) is 6.22. The van der Waals surface area contributed by atoms with Gasteiger partial charge < -0.3 is 5.32 Å². The number of anilines is 1. The van der Waals surface area contributed by atoms with Crippen molar-refractivity contribution >= 4 is 17.4 Å². The van der Waals surface area contributed by atoms with Crippen LogP contribution in [0.2, 0.25) is 5.02 Å². The first kappa shape index (κ1) is 14.3. The SMILES string of the molecule is Cc1nc2c(c(N[C@@H](C)c3ccc(Cl)cn3)n1)CCCC2. The summed E-state index contributed by atoms with van der Waals surface area (Å²) in [6, 6.07) is 3.89. The zero-order valence-corrected chi connectivity index (χ0v) is 13.1. The lowest BCUT2D eigenvalue weighted by Crippen LogP contribution is -2.16. The Hall–Kier alpha value is -1.68. The van der Waals surface area contributed by atoms with Crippen LogP contribution in [0.15, 0.2) is 18.3 Å². The third-order valence-electron chi connectivity index (χ3n) is 3.84. The van der Waals surface area contributed by atoms with Crippen molar-refractivity contribution in [2.45, 2.75) is 45.6 Å². The predicted octanol–water partition coefficient (Wildman–Crippen LogP) is 3.89. The standard InChI is InChI=1S/C16H19ClN4/c1-10(14-8-7-12(17)9-18-14)19-16-13-5-3-4-6-15(13)20-11(2)21-16/h7-10H,3-6H2,1-2H3,(H,19,20,21)/t10-/m0/s1. The molecule has 2 aromatic heterocycles. The van der Waals surface area contributed by atoms with Crippen LogP contribution in [0.4, 0.5) is 5.82 Å². The molecule has 0 radical (unpaired) electrons. The average molecular weight is 303 g/mol. The maximum absolute atomic E-state index is 5.89. The molecule has 1 aliphatic carbocycles. The smallest absolute Gasteiger partial charge is 0.133 e. The van der Waals surface area contributed by atoms with E-state index < -0.39 is 0 Å². The van der Waals surface area contributed by atoms with Crippen molar-refractivity contribution in [1.82, 2.24) is 15.0 Å². The maximum Gasteiger partial charge on any atom is 0.133 e. The molecule has 3 rings (SSSR count). The van der Waals surface area contributed by atoms with E-state index >= 15 is 0 Å². The third kappa shape index (κ3) is 3.16. The van der Waals surface area contributed by atoms with E-state index in [4.69, 9.17) is 11.6 Å². The Labute approximate surface area is 130 Å². The molecule has 4 nitrogen and oxygen atoms in total. The van der Waals surface area contributed by atoms with Crippen LogP contribution in [0, 0.1) is 6.92 Å². The lowest BCUT2D eigenvalue weighted by Gasteiger charge is -2.21. The van der Waals surface area contributed by atoms with Gasteiger partial charge in [0, 0.05) is 17.5 Å². The number of pyridine rings is 1. The molecule has 21 heavy (non-hydrogen) atoms. The summed E-state index contributed by atoms with van der Waals surface area (Å²) >= 11 is 5.89. The number of fused-ring (bicyclic) bond motifs is 1. The van der Waals surface area contributed by atoms with Crippen LogP contribution in [0.3, 0.4) is 0 Å². The fraction of sp³-hybridized carbons (Fsp3) is 0.438. The molecular weight excluding hydrogens is 284 g/mol. The lowest BCUT2D eigenvalue weighted by molar-refractivity contribution is 0.657. The second-order valence-corrected chi connectivity index (χ2v) is 5.96. The summed E-state index contributed by atoms with van der Waals surface area (Å²) in [6.45, 7) is 4.04. The molecule has 0 amide bonds. The molecule has 0 bridgehead atoms. The molecule has 1 aliphatic rings. The number of hydrogen-bond donors (Lipinski definition) is 1. The van der Waals surface area contributed by atoms with Gasteiger partial charge in [-0.1, -0.05) is 11.6 Å². The summed E-state index contributed by atoms with van der Waals surface area (Å²) < 4.78 is 0. The van der Waals surface area contributed by atoms with Gasteiger partial charge in [-0.15, -0.1) is 0 Å². The highest BCUT2D eigenvalue weighted by atomic mass is 35.5. The molecule has 0 saturated heterocycles. The van der Waals surface area contributed by atoms with Gasteiger partial charge in [0.15, 0.2) is 0 Å². The van der Waals surface area contributed by atoms with Gasteiger partial charge in [-0.2, -0.15) is 0 Å². The third-order valence-corrected chi connectivity index (χ3v) is 4.07. The number of nitrogens with zero attached hydrogens (tertiary/aromatic N) is 3. The first-order valence-electron chi connectivity index (χ1n) is 7.38. The van der Waals surface area contributed by atoms with Crippen LogP contribution in [0.5, 0.6) is 0 Å². The first-order chi connectivity index (χ1) is 10.1. The van der Waals surface area contributed by atoms with Crippen molar-refractivity contribution in [3.05, 3.63) is 46.1 Å². The monoisotopic (exact) mass is 302 g/mol. The Morgan fingerprint density at radius 2 is 2.00 bits per heavy atom. The number of halogens is 1. The molecule has 5 heteroatoms. The maximum atomic E-state index is 5.89. The van der Waals surface area contributed by atoms with Crippen LogP contribution in [0.25, 0.3) is 0 Å². The van der Waals surface area contributed by atoms with E-state index in [1.54, 1.807) is 6.20 Å². The van der Waals surface area contributed by atoms with E-state index in [0.717, 1.165) is 30.2 Å². The highest BCUT2D eigenvalue weighted by molar-refractivity contribution is 6.30. The zero-order chi connectivity index (χ0) is 14.8. The van der Waals surface area contributed by atoms with Gasteiger partial charge in [-0.05, 0) is 51.7 Å². The van der Waals surface area contributed by atoms with E-state index in [1.807, 2.05) is 19.1 Å². The second kappa shape index (κ2) is 5.98. The average Bonchev–Trinajstić information content (AvgIpc) is 2.47. The highest BCUT2D eigenvalue weighted by Gasteiger charge is 2.18. The van der Waals surface area contributed by atoms with Gasteiger partial charge in [-0.25, -0.2) is 9.97 Å². The Morgan fingerprint density at radius 1 is 1.19 bits per heavy atom. The minimum Gasteiger partial charge on any atom is -0.362 e. The lowest BCUT2D eigenvalue weighted by atomic mass is 9.96. The summed E-state index contributed by atoms with van der Waals surface area (Å²) in [5, 5.41) is 4.14. The van der Waals surface area contributed by atoms with Crippen molar-refractivity contribution in [3.63, 3.8) is 0 Å². The molecule has 2 aromatic rings. The molecule has 110 valence electrons. The Balaban J connectivity index is 1.87. The van der Waals surface area contributed by atoms with Crippen molar-refractivity contribution in [2.75, 3.05) is 5.32 Å². The quantitative estimate of drug-likeness (QED) is 0.934. The van der Waals surface area contributed by atoms with Crippen molar-refractivity contribution in [3.8, 4) is 0 Å². The van der Waals surface area contributed by atoms with E-state index in [9.17, 15) is 0 Å². The first-order valence-corrected chi connectivity index (χ1v) is 7.75. The minimum absolute atomic E-state index is 0.0857. The molecule has 1 atom stereocenters. The number of rotatable bonds is 3. The van der Waals surface area contributed by atoms with Gasteiger partial charge in [-0.3, -0.25) is 4.98 Å². The summed E-state index contributed by atoms with van der Waals surface area (Å²) in [5.41, 5.74) is 3.43. The minimum atomic E-state index is 0.0857. The molecule has 0 unspecified atom stereocenters. The number of nitrogens with one attached hydrogen (secondary N) is 1. The molecule has 0 spiro atoms. The topological polar surface area (TPSA) is 50.7 Å². The Morgan fingerprint density at radius 3 is 2.76 bits per heavy atom. The summed E-state index contributed by atoms with van der Waals surface area (Å²) in [7, 11) is 0. The van der Waals surface area contributed by atoms with Crippen LogP contribution >= 0.6 is 11.6 Å². The number of aryl methyl sites for hydroxylation is 2. The predicted molar refractivity (Wildman–Crippen MR) is 84.7 cm³/mol. The number of aromatic nitrogens is 3. The van der Waals surface area contributed by atoms with Crippen LogP contribution in [0.1, 0.15) is 48.6 Å². The van der Waals surface area contributed by atoms with Crippen LogP contribution < -0.4 is 5.32 Å². The molecule has 2 heterocycles. The molecular formula is C16H19ClN4. The van der Waals surface area contributed by atoms with E-state index in [1.165, 1.54) is 24.1 Å². The molecule has 0 saturated carbocycles. The fourth-order valence-corrected chi connectivity index (χ4v) is 2.87. The van der Waals surface area contributed by atoms with Crippen molar-refractivity contribution in [1.29, 1.82) is 0 Å². The normalized spacial score (nSPS) is 15.4. The Kier molecular flexibility index (Phi) is 4.06. The van der Waals surface area contributed by atoms with Crippen molar-refractivity contribution in [2.24, 2.45) is 0 Å². The van der Waals surface area contributed by atoms with E-state index in [2.05, 4.69) is 27.2 Å². The Bertz CT molecular complexity index is 639. The van der Waals surface area contributed by atoms with Gasteiger partial charge in [0.05, 0.1) is 16.8 Å².